The first kappa shape index (κ1) is 12.6. The lowest BCUT2D eigenvalue weighted by atomic mass is 9.90. The molecule has 0 saturated carbocycles. The van der Waals surface area contributed by atoms with Crippen molar-refractivity contribution >= 4 is 0 Å². The summed E-state index contributed by atoms with van der Waals surface area (Å²) in [7, 11) is 1.76. The highest BCUT2D eigenvalue weighted by Gasteiger charge is 2.13. The van der Waals surface area contributed by atoms with Crippen LogP contribution in [0.2, 0.25) is 0 Å². The Morgan fingerprint density at radius 2 is 1.88 bits per heavy atom. The lowest BCUT2D eigenvalue weighted by molar-refractivity contribution is 0.119. The summed E-state index contributed by atoms with van der Waals surface area (Å²) in [5, 5.41) is 3.42. The van der Waals surface area contributed by atoms with Crippen LogP contribution in [-0.4, -0.2) is 20.2 Å². The Morgan fingerprint density at radius 1 is 1.24 bits per heavy atom. The number of piperidine rings is 1. The Hall–Kier alpha value is -0.860. The van der Waals surface area contributed by atoms with Crippen LogP contribution < -0.4 is 5.32 Å². The van der Waals surface area contributed by atoms with E-state index in [0.29, 0.717) is 0 Å². The van der Waals surface area contributed by atoms with Crippen LogP contribution in [0.4, 0.5) is 0 Å². The van der Waals surface area contributed by atoms with Crippen molar-refractivity contribution in [2.75, 3.05) is 20.2 Å². The molecular weight excluding hydrogens is 210 g/mol. The fourth-order valence-corrected chi connectivity index (χ4v) is 2.48. The predicted octanol–water partition coefficient (Wildman–Crippen LogP) is 2.94. The Morgan fingerprint density at radius 3 is 2.47 bits per heavy atom. The summed E-state index contributed by atoms with van der Waals surface area (Å²) in [5.74, 6) is 0.863. The molecule has 94 valence electrons. The van der Waals surface area contributed by atoms with E-state index in [9.17, 15) is 0 Å². The molecule has 0 radical (unpaired) electrons. The third kappa shape index (κ3) is 3.55. The van der Waals surface area contributed by atoms with Crippen LogP contribution in [0.5, 0.6) is 0 Å². The minimum atomic E-state index is 0.197. The van der Waals surface area contributed by atoms with Crippen molar-refractivity contribution < 1.29 is 4.74 Å². The molecule has 1 aliphatic rings. The number of benzene rings is 1. The summed E-state index contributed by atoms with van der Waals surface area (Å²) >= 11 is 0. The number of hydrogen-bond acceptors (Lipinski definition) is 2. The van der Waals surface area contributed by atoms with E-state index in [1.165, 1.54) is 43.5 Å². The molecule has 1 aromatic carbocycles. The minimum absolute atomic E-state index is 0.197. The fourth-order valence-electron chi connectivity index (χ4n) is 2.48. The van der Waals surface area contributed by atoms with Gasteiger partial charge in [0, 0.05) is 7.11 Å². The molecule has 0 bridgehead atoms. The SMILES string of the molecule is COC(C)c1ccc(CC2CCNCC2)cc1. The lowest BCUT2D eigenvalue weighted by Gasteiger charge is -2.22. The van der Waals surface area contributed by atoms with Gasteiger partial charge in [-0.2, -0.15) is 0 Å². The molecule has 0 spiro atoms. The summed E-state index contributed by atoms with van der Waals surface area (Å²) in [5.41, 5.74) is 2.73. The highest BCUT2D eigenvalue weighted by molar-refractivity contribution is 5.24. The topological polar surface area (TPSA) is 21.3 Å². The molecule has 1 atom stereocenters. The van der Waals surface area contributed by atoms with Crippen LogP contribution in [0.25, 0.3) is 0 Å². The maximum Gasteiger partial charge on any atom is 0.0793 e. The first-order chi connectivity index (χ1) is 8.29. The molecule has 1 unspecified atom stereocenters. The Bertz CT molecular complexity index is 327. The predicted molar refractivity (Wildman–Crippen MR) is 71.2 cm³/mol. The van der Waals surface area contributed by atoms with Crippen LogP contribution in [0.1, 0.15) is 37.0 Å². The van der Waals surface area contributed by atoms with E-state index in [1.54, 1.807) is 7.11 Å². The normalized spacial score (nSPS) is 19.2. The van der Waals surface area contributed by atoms with Gasteiger partial charge in [-0.25, -0.2) is 0 Å². The van der Waals surface area contributed by atoms with Crippen LogP contribution in [0.15, 0.2) is 24.3 Å². The van der Waals surface area contributed by atoms with Gasteiger partial charge in [0.25, 0.3) is 0 Å². The summed E-state index contributed by atoms with van der Waals surface area (Å²) in [6, 6.07) is 8.91. The van der Waals surface area contributed by atoms with Gasteiger partial charge in [-0.1, -0.05) is 24.3 Å². The average molecular weight is 233 g/mol. The Balaban J connectivity index is 1.93. The van der Waals surface area contributed by atoms with Gasteiger partial charge < -0.3 is 10.1 Å². The molecule has 0 aromatic heterocycles. The summed E-state index contributed by atoms with van der Waals surface area (Å²) in [6.07, 6.45) is 4.05. The van der Waals surface area contributed by atoms with Crippen LogP contribution in [0.3, 0.4) is 0 Å². The van der Waals surface area contributed by atoms with E-state index in [1.807, 2.05) is 0 Å². The number of ether oxygens (including phenoxy) is 1. The largest absolute Gasteiger partial charge is 0.377 e. The number of rotatable bonds is 4. The van der Waals surface area contributed by atoms with Gasteiger partial charge in [-0.3, -0.25) is 0 Å². The van der Waals surface area contributed by atoms with Gasteiger partial charge in [-0.15, -0.1) is 0 Å². The van der Waals surface area contributed by atoms with Gasteiger partial charge >= 0.3 is 0 Å². The fraction of sp³-hybridized carbons (Fsp3) is 0.600. The Kier molecular flexibility index (Phi) is 4.57. The molecule has 2 heteroatoms. The van der Waals surface area contributed by atoms with Gasteiger partial charge in [0.15, 0.2) is 0 Å². The second kappa shape index (κ2) is 6.18. The summed E-state index contributed by atoms with van der Waals surface area (Å²) < 4.78 is 5.32. The summed E-state index contributed by atoms with van der Waals surface area (Å²) in [6.45, 7) is 4.45. The lowest BCUT2D eigenvalue weighted by Crippen LogP contribution is -2.28. The highest BCUT2D eigenvalue weighted by Crippen LogP contribution is 2.20. The molecule has 1 saturated heterocycles. The molecule has 2 rings (SSSR count). The smallest absolute Gasteiger partial charge is 0.0793 e. The molecular formula is C15H23NO. The molecule has 0 aliphatic carbocycles. The second-order valence-corrected chi connectivity index (χ2v) is 5.02. The minimum Gasteiger partial charge on any atom is -0.377 e. The first-order valence-electron chi connectivity index (χ1n) is 6.62. The van der Waals surface area contributed by atoms with Crippen LogP contribution >= 0.6 is 0 Å². The third-order valence-electron chi connectivity index (χ3n) is 3.79. The molecule has 17 heavy (non-hydrogen) atoms. The van der Waals surface area contributed by atoms with Crippen molar-refractivity contribution in [2.24, 2.45) is 5.92 Å². The van der Waals surface area contributed by atoms with E-state index in [0.717, 1.165) is 5.92 Å². The van der Waals surface area contributed by atoms with Crippen molar-refractivity contribution in [3.05, 3.63) is 35.4 Å². The average Bonchev–Trinajstić information content (AvgIpc) is 2.40. The summed E-state index contributed by atoms with van der Waals surface area (Å²) in [4.78, 5) is 0. The van der Waals surface area contributed by atoms with Crippen LogP contribution in [0, 0.1) is 5.92 Å². The zero-order valence-electron chi connectivity index (χ0n) is 10.9. The third-order valence-corrected chi connectivity index (χ3v) is 3.79. The standard InChI is InChI=1S/C15H23NO/c1-12(17-2)15-5-3-13(4-6-15)11-14-7-9-16-10-8-14/h3-6,12,14,16H,7-11H2,1-2H3. The zero-order chi connectivity index (χ0) is 12.1. The molecule has 1 fully saturated rings. The van der Waals surface area contributed by atoms with Gasteiger partial charge in [0.05, 0.1) is 6.10 Å². The van der Waals surface area contributed by atoms with Gasteiger partial charge in [0.2, 0.25) is 0 Å². The molecule has 1 N–H and O–H groups in total. The number of nitrogens with one attached hydrogen (secondary N) is 1. The van der Waals surface area contributed by atoms with Gasteiger partial charge in [0.1, 0.15) is 0 Å². The van der Waals surface area contributed by atoms with Crippen LogP contribution in [-0.2, 0) is 11.2 Å². The van der Waals surface area contributed by atoms with E-state index >= 15 is 0 Å². The monoisotopic (exact) mass is 233 g/mol. The van der Waals surface area contributed by atoms with Crippen molar-refractivity contribution in [1.29, 1.82) is 0 Å². The number of hydrogen-bond donors (Lipinski definition) is 1. The molecule has 1 heterocycles. The quantitative estimate of drug-likeness (QED) is 0.863. The van der Waals surface area contributed by atoms with E-state index in [2.05, 4.69) is 36.5 Å². The van der Waals surface area contributed by atoms with Crippen molar-refractivity contribution in [3.8, 4) is 0 Å². The zero-order valence-corrected chi connectivity index (χ0v) is 10.9. The molecule has 2 nitrogen and oxygen atoms in total. The first-order valence-corrected chi connectivity index (χ1v) is 6.62. The molecule has 0 amide bonds. The van der Waals surface area contributed by atoms with E-state index in [4.69, 9.17) is 4.74 Å². The van der Waals surface area contributed by atoms with Gasteiger partial charge in [-0.05, 0) is 56.3 Å². The Labute approximate surface area is 104 Å². The van der Waals surface area contributed by atoms with Crippen molar-refractivity contribution in [3.63, 3.8) is 0 Å². The molecule has 1 aliphatic heterocycles. The number of methoxy groups -OCH3 is 1. The highest BCUT2D eigenvalue weighted by atomic mass is 16.5. The van der Waals surface area contributed by atoms with Crippen molar-refractivity contribution in [2.45, 2.75) is 32.3 Å². The molecule has 1 aromatic rings. The maximum absolute atomic E-state index is 5.32. The second-order valence-electron chi connectivity index (χ2n) is 5.02. The van der Waals surface area contributed by atoms with E-state index < -0.39 is 0 Å². The van der Waals surface area contributed by atoms with Crippen molar-refractivity contribution in [1.82, 2.24) is 5.32 Å². The maximum atomic E-state index is 5.32. The van der Waals surface area contributed by atoms with E-state index in [-0.39, 0.29) is 6.10 Å².